The monoisotopic (exact) mass is 336 g/mol. The fourth-order valence-corrected chi connectivity index (χ4v) is 2.79. The van der Waals surface area contributed by atoms with Gasteiger partial charge >= 0.3 is 0 Å². The van der Waals surface area contributed by atoms with Crippen molar-refractivity contribution in [2.24, 2.45) is 0 Å². The molecule has 8 nitrogen and oxygen atoms in total. The van der Waals surface area contributed by atoms with Gasteiger partial charge in [0.25, 0.3) is 10.0 Å². The minimum absolute atomic E-state index is 0.113. The van der Waals surface area contributed by atoms with Gasteiger partial charge in [-0.05, 0) is 31.2 Å². The first-order chi connectivity index (χ1) is 10.8. The van der Waals surface area contributed by atoms with E-state index in [0.717, 1.165) is 0 Å². The number of sulfonamides is 1. The van der Waals surface area contributed by atoms with Crippen molar-refractivity contribution in [3.05, 3.63) is 30.3 Å². The van der Waals surface area contributed by atoms with Gasteiger partial charge in [0.05, 0.1) is 4.90 Å². The molecule has 9 heteroatoms. The summed E-state index contributed by atoms with van der Waals surface area (Å²) >= 11 is 0. The van der Waals surface area contributed by atoms with E-state index in [4.69, 9.17) is 5.73 Å². The predicted molar refractivity (Wildman–Crippen MR) is 92.2 cm³/mol. The van der Waals surface area contributed by atoms with Crippen molar-refractivity contribution in [1.29, 1.82) is 0 Å². The van der Waals surface area contributed by atoms with Crippen LogP contribution in [0.5, 0.6) is 0 Å². The van der Waals surface area contributed by atoms with Crippen LogP contribution in [-0.4, -0.2) is 39.0 Å². The molecular formula is C14H20N6O2S. The van der Waals surface area contributed by atoms with E-state index in [0.29, 0.717) is 24.0 Å². The summed E-state index contributed by atoms with van der Waals surface area (Å²) in [5.74, 6) is 1.14. The molecule has 0 saturated heterocycles. The van der Waals surface area contributed by atoms with E-state index in [2.05, 4.69) is 20.0 Å². The number of aromatic nitrogens is 2. The van der Waals surface area contributed by atoms with Gasteiger partial charge in [0.15, 0.2) is 0 Å². The molecule has 0 amide bonds. The molecule has 23 heavy (non-hydrogen) atoms. The van der Waals surface area contributed by atoms with E-state index >= 15 is 0 Å². The summed E-state index contributed by atoms with van der Waals surface area (Å²) in [4.78, 5) is 10.3. The van der Waals surface area contributed by atoms with Gasteiger partial charge in [-0.2, -0.15) is 9.97 Å². The van der Waals surface area contributed by atoms with Gasteiger partial charge in [-0.3, -0.25) is 4.72 Å². The van der Waals surface area contributed by atoms with Crippen LogP contribution in [0.1, 0.15) is 6.92 Å². The van der Waals surface area contributed by atoms with Crippen LogP contribution in [0.15, 0.2) is 35.2 Å². The minimum Gasteiger partial charge on any atom is -0.399 e. The normalized spacial score (nSPS) is 11.1. The Kier molecular flexibility index (Phi) is 4.89. The Bertz CT molecular complexity index is 774. The summed E-state index contributed by atoms with van der Waals surface area (Å²) in [5.41, 5.74) is 6.07. The average Bonchev–Trinajstić information content (AvgIpc) is 2.47. The third-order valence-corrected chi connectivity index (χ3v) is 4.27. The first-order valence-electron chi connectivity index (χ1n) is 7.00. The highest BCUT2D eigenvalue weighted by Crippen LogP contribution is 2.20. The number of hydrogen-bond acceptors (Lipinski definition) is 7. The van der Waals surface area contributed by atoms with Crippen LogP contribution in [0.2, 0.25) is 0 Å². The van der Waals surface area contributed by atoms with Crippen molar-refractivity contribution in [2.45, 2.75) is 11.8 Å². The van der Waals surface area contributed by atoms with Gasteiger partial charge in [0.2, 0.25) is 5.95 Å². The van der Waals surface area contributed by atoms with Gasteiger partial charge in [0.1, 0.15) is 11.6 Å². The maximum Gasteiger partial charge on any atom is 0.263 e. The molecule has 2 rings (SSSR count). The minimum atomic E-state index is -3.75. The molecule has 0 aliphatic heterocycles. The zero-order valence-electron chi connectivity index (χ0n) is 13.2. The molecule has 1 heterocycles. The maximum atomic E-state index is 12.4. The summed E-state index contributed by atoms with van der Waals surface area (Å²) < 4.78 is 27.3. The maximum absolute atomic E-state index is 12.4. The van der Waals surface area contributed by atoms with Crippen molar-refractivity contribution in [2.75, 3.05) is 41.3 Å². The Labute approximate surface area is 135 Å². The Morgan fingerprint density at radius 3 is 2.30 bits per heavy atom. The first-order valence-corrected chi connectivity index (χ1v) is 8.49. The van der Waals surface area contributed by atoms with Crippen LogP contribution in [0.3, 0.4) is 0 Å². The van der Waals surface area contributed by atoms with Crippen LogP contribution in [0.4, 0.5) is 23.3 Å². The molecule has 124 valence electrons. The number of nitrogen functional groups attached to an aromatic ring is 1. The number of nitrogens with zero attached hydrogens (tertiary/aromatic N) is 3. The molecule has 0 fully saturated rings. The largest absolute Gasteiger partial charge is 0.399 e. The SMILES string of the molecule is CCNc1cc(NS(=O)(=O)c2ccc(N)cc2)nc(N(C)C)n1. The smallest absolute Gasteiger partial charge is 0.263 e. The van der Waals surface area contributed by atoms with E-state index in [1.807, 2.05) is 6.92 Å². The Hall–Kier alpha value is -2.55. The summed E-state index contributed by atoms with van der Waals surface area (Å²) in [7, 11) is -0.184. The number of hydrogen-bond donors (Lipinski definition) is 3. The zero-order chi connectivity index (χ0) is 17.0. The lowest BCUT2D eigenvalue weighted by Gasteiger charge is -2.15. The van der Waals surface area contributed by atoms with E-state index in [9.17, 15) is 8.42 Å². The fourth-order valence-electron chi connectivity index (χ4n) is 1.80. The van der Waals surface area contributed by atoms with Crippen LogP contribution >= 0.6 is 0 Å². The third-order valence-electron chi connectivity index (χ3n) is 2.90. The van der Waals surface area contributed by atoms with Crippen molar-refractivity contribution in [3.8, 4) is 0 Å². The molecule has 0 aliphatic rings. The number of anilines is 4. The number of benzene rings is 1. The zero-order valence-corrected chi connectivity index (χ0v) is 14.1. The van der Waals surface area contributed by atoms with Gasteiger partial charge in [0, 0.05) is 32.4 Å². The topological polar surface area (TPSA) is 113 Å². The summed E-state index contributed by atoms with van der Waals surface area (Å²) in [6, 6.07) is 7.49. The molecule has 4 N–H and O–H groups in total. The van der Waals surface area contributed by atoms with Crippen molar-refractivity contribution in [3.63, 3.8) is 0 Å². The van der Waals surface area contributed by atoms with E-state index in [1.165, 1.54) is 24.3 Å². The molecule has 0 radical (unpaired) electrons. The molecule has 0 atom stereocenters. The highest BCUT2D eigenvalue weighted by molar-refractivity contribution is 7.92. The summed E-state index contributed by atoms with van der Waals surface area (Å²) in [5, 5.41) is 3.05. The molecule has 1 aromatic carbocycles. The second-order valence-corrected chi connectivity index (χ2v) is 6.72. The highest BCUT2D eigenvalue weighted by atomic mass is 32.2. The molecule has 0 spiro atoms. The lowest BCUT2D eigenvalue weighted by atomic mass is 10.3. The quantitative estimate of drug-likeness (QED) is 0.682. The van der Waals surface area contributed by atoms with Gasteiger partial charge in [-0.1, -0.05) is 0 Å². The van der Waals surface area contributed by atoms with Crippen LogP contribution in [0.25, 0.3) is 0 Å². The number of nitrogens with two attached hydrogens (primary N) is 1. The Balaban J connectivity index is 2.36. The van der Waals surface area contributed by atoms with Crippen molar-refractivity contribution < 1.29 is 8.42 Å². The van der Waals surface area contributed by atoms with Crippen molar-refractivity contribution in [1.82, 2.24) is 9.97 Å². The molecule has 0 saturated carbocycles. The second kappa shape index (κ2) is 6.69. The second-order valence-electron chi connectivity index (χ2n) is 5.04. The molecule has 0 bridgehead atoms. The number of rotatable bonds is 6. The molecular weight excluding hydrogens is 316 g/mol. The van der Waals surface area contributed by atoms with Gasteiger partial charge in [-0.15, -0.1) is 0 Å². The molecule has 0 unspecified atom stereocenters. The predicted octanol–water partition coefficient (Wildman–Crippen LogP) is 1.36. The average molecular weight is 336 g/mol. The number of nitrogens with one attached hydrogen (secondary N) is 2. The van der Waals surface area contributed by atoms with Gasteiger partial charge < -0.3 is 16.0 Å². The third kappa shape index (κ3) is 4.22. The van der Waals surface area contributed by atoms with Gasteiger partial charge in [-0.25, -0.2) is 8.42 Å². The summed E-state index contributed by atoms with van der Waals surface area (Å²) in [6.45, 7) is 2.59. The van der Waals surface area contributed by atoms with Crippen LogP contribution in [-0.2, 0) is 10.0 Å². The lowest BCUT2D eigenvalue weighted by Crippen LogP contribution is -2.18. The highest BCUT2D eigenvalue weighted by Gasteiger charge is 2.16. The van der Waals surface area contributed by atoms with Crippen molar-refractivity contribution >= 4 is 33.3 Å². The van der Waals surface area contributed by atoms with E-state index < -0.39 is 10.0 Å². The molecule has 0 aliphatic carbocycles. The van der Waals surface area contributed by atoms with Crippen LogP contribution < -0.4 is 20.7 Å². The Morgan fingerprint density at radius 1 is 1.13 bits per heavy atom. The van der Waals surface area contributed by atoms with E-state index in [-0.39, 0.29) is 10.7 Å². The first kappa shape index (κ1) is 16.8. The standard InChI is InChI=1S/C14H20N6O2S/c1-4-16-12-9-13(18-14(17-12)20(2)3)19-23(21,22)11-7-5-10(15)6-8-11/h5-9H,4,15H2,1-3H3,(H2,16,17,18,19). The summed E-state index contributed by atoms with van der Waals surface area (Å²) in [6.07, 6.45) is 0. The lowest BCUT2D eigenvalue weighted by molar-refractivity contribution is 0.601. The Morgan fingerprint density at radius 2 is 1.74 bits per heavy atom. The van der Waals surface area contributed by atoms with Crippen LogP contribution in [0, 0.1) is 0 Å². The molecule has 1 aromatic heterocycles. The molecule has 2 aromatic rings. The van der Waals surface area contributed by atoms with E-state index in [1.54, 1.807) is 25.1 Å². The fraction of sp³-hybridized carbons (Fsp3) is 0.286.